The Kier molecular flexibility index (Phi) is 5.71. The Morgan fingerprint density at radius 3 is 1.95 bits per heavy atom. The van der Waals surface area contributed by atoms with Crippen molar-refractivity contribution in [1.82, 2.24) is 4.31 Å². The molecule has 1 amide bonds. The van der Waals surface area contributed by atoms with Crippen LogP contribution in [0.25, 0.3) is 0 Å². The molecule has 1 rings (SSSR count). The summed E-state index contributed by atoms with van der Waals surface area (Å²) in [5, 5.41) is 0. The maximum Gasteiger partial charge on any atom is 0.269 e. The molecule has 0 saturated carbocycles. The highest BCUT2D eigenvalue weighted by atomic mass is 32.2. The van der Waals surface area contributed by atoms with Gasteiger partial charge in [-0.2, -0.15) is 8.67 Å². The summed E-state index contributed by atoms with van der Waals surface area (Å²) >= 11 is 0. The Morgan fingerprint density at radius 2 is 1.55 bits per heavy atom. The van der Waals surface area contributed by atoms with E-state index in [1.165, 1.54) is 13.3 Å². The average molecular weight is 347 g/mol. The third-order valence-electron chi connectivity index (χ3n) is 2.99. The van der Waals surface area contributed by atoms with Crippen LogP contribution in [0.3, 0.4) is 0 Å². The predicted molar refractivity (Wildman–Crippen MR) is 88.0 cm³/mol. The third-order valence-corrected chi connectivity index (χ3v) is 5.95. The zero-order valence-corrected chi connectivity index (χ0v) is 14.9. The van der Waals surface area contributed by atoms with Gasteiger partial charge in [-0.3, -0.25) is 4.79 Å². The lowest BCUT2D eigenvalue weighted by Gasteiger charge is -2.13. The van der Waals surface area contributed by atoms with Crippen molar-refractivity contribution in [2.24, 2.45) is 4.36 Å². The molecule has 1 unspecified atom stereocenters. The summed E-state index contributed by atoms with van der Waals surface area (Å²) in [6.45, 7) is -0.431. The number of nitrogens with zero attached hydrogens (tertiary/aromatic N) is 3. The van der Waals surface area contributed by atoms with Gasteiger partial charge in [-0.15, -0.1) is 0 Å². The van der Waals surface area contributed by atoms with Gasteiger partial charge in [0.1, 0.15) is 0 Å². The molecule has 0 spiro atoms. The van der Waals surface area contributed by atoms with E-state index in [0.29, 0.717) is 4.90 Å². The second-order valence-electron chi connectivity index (χ2n) is 5.19. The van der Waals surface area contributed by atoms with Crippen LogP contribution in [-0.2, 0) is 24.5 Å². The van der Waals surface area contributed by atoms with Crippen LogP contribution in [0.4, 0.5) is 5.69 Å². The Labute approximate surface area is 132 Å². The number of anilines is 1. The van der Waals surface area contributed by atoms with Gasteiger partial charge in [-0.05, 0) is 24.3 Å². The first-order chi connectivity index (χ1) is 9.93. The lowest BCUT2D eigenvalue weighted by atomic mass is 10.3. The van der Waals surface area contributed by atoms with E-state index in [1.54, 1.807) is 24.3 Å². The number of hydrogen-bond donors (Lipinski definition) is 0. The van der Waals surface area contributed by atoms with Crippen molar-refractivity contribution < 1.29 is 17.4 Å². The maximum absolute atomic E-state index is 12.5. The normalized spacial score (nSPS) is 14.5. The number of carbonyl (C=O) groups is 1. The van der Waals surface area contributed by atoms with Crippen molar-refractivity contribution >= 4 is 31.3 Å². The summed E-state index contributed by atoms with van der Waals surface area (Å²) in [5.74, 6) is -0.739. The average Bonchev–Trinajstić information content (AvgIpc) is 2.36. The van der Waals surface area contributed by atoms with Crippen molar-refractivity contribution in [3.63, 3.8) is 0 Å². The SMILES string of the molecule is CN(C)c1ccc(S(C)(=O)=NC(=O)CN(C)S(C)(=O)=O)cc1. The van der Waals surface area contributed by atoms with Crippen molar-refractivity contribution in [1.29, 1.82) is 0 Å². The molecule has 7 nitrogen and oxygen atoms in total. The van der Waals surface area contributed by atoms with Crippen molar-refractivity contribution in [2.75, 3.05) is 45.1 Å². The standard InChI is InChI=1S/C13H21N3O4S2/c1-15(2)11-6-8-12(9-7-11)21(4,18)14-13(17)10-16(3)22(5,19)20/h6-9H,10H2,1-5H3. The number of sulfonamides is 1. The first kappa shape index (κ1) is 18.6. The smallest absolute Gasteiger partial charge is 0.269 e. The van der Waals surface area contributed by atoms with Gasteiger partial charge in [-0.1, -0.05) is 0 Å². The summed E-state index contributed by atoms with van der Waals surface area (Å²) in [6, 6.07) is 6.85. The van der Waals surface area contributed by atoms with Gasteiger partial charge >= 0.3 is 0 Å². The van der Waals surface area contributed by atoms with Gasteiger partial charge in [0, 0.05) is 38.0 Å². The van der Waals surface area contributed by atoms with Gasteiger partial charge in [0.15, 0.2) is 0 Å². The van der Waals surface area contributed by atoms with E-state index >= 15 is 0 Å². The van der Waals surface area contributed by atoms with Crippen LogP contribution < -0.4 is 4.90 Å². The van der Waals surface area contributed by atoms with Crippen LogP contribution in [0.1, 0.15) is 0 Å². The molecule has 0 N–H and O–H groups in total. The van der Waals surface area contributed by atoms with E-state index < -0.39 is 32.2 Å². The van der Waals surface area contributed by atoms with E-state index in [9.17, 15) is 17.4 Å². The zero-order valence-electron chi connectivity index (χ0n) is 13.3. The molecule has 0 heterocycles. The van der Waals surface area contributed by atoms with E-state index in [0.717, 1.165) is 16.2 Å². The molecule has 0 aliphatic rings. The number of amides is 1. The fourth-order valence-corrected chi connectivity index (χ4v) is 3.12. The lowest BCUT2D eigenvalue weighted by Crippen LogP contribution is -2.30. The van der Waals surface area contributed by atoms with Crippen LogP contribution in [0.2, 0.25) is 0 Å². The quantitative estimate of drug-likeness (QED) is 0.779. The fourth-order valence-electron chi connectivity index (χ4n) is 1.58. The molecule has 0 fully saturated rings. The fraction of sp³-hybridized carbons (Fsp3) is 0.462. The largest absolute Gasteiger partial charge is 0.378 e. The third kappa shape index (κ3) is 5.08. The minimum absolute atomic E-state index is 0.424. The molecule has 1 aromatic carbocycles. The van der Waals surface area contributed by atoms with Gasteiger partial charge in [-0.25, -0.2) is 12.6 Å². The van der Waals surface area contributed by atoms with Crippen LogP contribution in [-0.4, -0.2) is 63.0 Å². The van der Waals surface area contributed by atoms with E-state index in [2.05, 4.69) is 4.36 Å². The Hall–Kier alpha value is -1.45. The molecular weight excluding hydrogens is 326 g/mol. The molecular formula is C13H21N3O4S2. The van der Waals surface area contributed by atoms with Gasteiger partial charge in [0.2, 0.25) is 10.0 Å². The molecule has 1 atom stereocenters. The molecule has 0 aromatic heterocycles. The summed E-state index contributed by atoms with van der Waals surface area (Å²) in [7, 11) is -1.35. The number of hydrogen-bond acceptors (Lipinski definition) is 5. The van der Waals surface area contributed by atoms with Gasteiger partial charge in [0.05, 0.1) is 22.5 Å². The molecule has 9 heteroatoms. The molecule has 0 radical (unpaired) electrons. The van der Waals surface area contributed by atoms with Crippen LogP contribution in [0.5, 0.6) is 0 Å². The number of likely N-dealkylation sites (N-methyl/N-ethyl adjacent to an activating group) is 1. The molecule has 124 valence electrons. The second kappa shape index (κ2) is 6.76. The monoisotopic (exact) mass is 347 g/mol. The first-order valence-electron chi connectivity index (χ1n) is 6.37. The highest BCUT2D eigenvalue weighted by Gasteiger charge is 2.16. The van der Waals surface area contributed by atoms with E-state index in [4.69, 9.17) is 0 Å². The molecule has 22 heavy (non-hydrogen) atoms. The van der Waals surface area contributed by atoms with Crippen LogP contribution in [0.15, 0.2) is 33.5 Å². The van der Waals surface area contributed by atoms with Crippen molar-refractivity contribution in [3.05, 3.63) is 24.3 Å². The lowest BCUT2D eigenvalue weighted by molar-refractivity contribution is -0.117. The number of carbonyl (C=O) groups excluding carboxylic acids is 1. The van der Waals surface area contributed by atoms with Crippen molar-refractivity contribution in [3.8, 4) is 0 Å². The van der Waals surface area contributed by atoms with Crippen LogP contribution in [0, 0.1) is 0 Å². The molecule has 1 aromatic rings. The molecule has 0 bridgehead atoms. The first-order valence-corrected chi connectivity index (χ1v) is 10.1. The highest BCUT2D eigenvalue weighted by molar-refractivity contribution is 7.93. The molecule has 0 saturated heterocycles. The van der Waals surface area contributed by atoms with E-state index in [1.807, 2.05) is 19.0 Å². The Bertz CT molecular complexity index is 761. The molecule has 0 aliphatic carbocycles. The number of rotatable bonds is 5. The second-order valence-corrected chi connectivity index (χ2v) is 9.54. The summed E-state index contributed by atoms with van der Waals surface area (Å²) in [5.41, 5.74) is 0.932. The molecule has 0 aliphatic heterocycles. The predicted octanol–water partition coefficient (Wildman–Crippen LogP) is 0.627. The summed E-state index contributed by atoms with van der Waals surface area (Å²) in [4.78, 5) is 14.1. The minimum atomic E-state index is -3.48. The zero-order chi connectivity index (χ0) is 17.1. The van der Waals surface area contributed by atoms with Crippen molar-refractivity contribution in [2.45, 2.75) is 4.90 Å². The van der Waals surface area contributed by atoms with Gasteiger partial charge in [0.25, 0.3) is 5.91 Å². The number of benzene rings is 1. The summed E-state index contributed by atoms with van der Waals surface area (Å²) in [6.07, 6.45) is 2.35. The highest BCUT2D eigenvalue weighted by Crippen LogP contribution is 2.17. The Balaban J connectivity index is 3.02. The topological polar surface area (TPSA) is 87.1 Å². The minimum Gasteiger partial charge on any atom is -0.378 e. The summed E-state index contributed by atoms with van der Waals surface area (Å²) < 4.78 is 39.6. The Morgan fingerprint density at radius 1 is 1.05 bits per heavy atom. The van der Waals surface area contributed by atoms with Crippen LogP contribution >= 0.6 is 0 Å². The van der Waals surface area contributed by atoms with E-state index in [-0.39, 0.29) is 0 Å². The van der Waals surface area contributed by atoms with Gasteiger partial charge < -0.3 is 4.90 Å². The maximum atomic E-state index is 12.5.